The molecule has 2 N–H and O–H groups in total. The standard InChI is InChI=1S/C12H15BrFN3.HI/c1-15-12(17-11-2-3-11)16-7-8-4-9(13)6-10(14)5-8;/h4-6,11H,2-3,7H2,1H3,(H2,15,16,17);1H. The van der Waals surface area contributed by atoms with E-state index in [1.54, 1.807) is 7.05 Å². The highest BCUT2D eigenvalue weighted by Gasteiger charge is 2.21. The van der Waals surface area contributed by atoms with E-state index >= 15 is 0 Å². The van der Waals surface area contributed by atoms with E-state index in [1.165, 1.54) is 25.0 Å². The van der Waals surface area contributed by atoms with E-state index < -0.39 is 0 Å². The minimum absolute atomic E-state index is 0. The molecule has 0 heterocycles. The third-order valence-corrected chi connectivity index (χ3v) is 2.98. The molecule has 1 aromatic rings. The van der Waals surface area contributed by atoms with Crippen molar-refractivity contribution in [3.05, 3.63) is 34.1 Å². The molecular weight excluding hydrogens is 412 g/mol. The van der Waals surface area contributed by atoms with Gasteiger partial charge in [-0.1, -0.05) is 15.9 Å². The molecule has 0 radical (unpaired) electrons. The van der Waals surface area contributed by atoms with Crippen molar-refractivity contribution in [2.45, 2.75) is 25.4 Å². The predicted octanol–water partition coefficient (Wildman–Crippen LogP) is 3.03. The Balaban J connectivity index is 0.00000162. The zero-order valence-corrected chi connectivity index (χ0v) is 14.0. The maximum absolute atomic E-state index is 13.2. The molecule has 1 aromatic carbocycles. The van der Waals surface area contributed by atoms with Crippen molar-refractivity contribution in [2.24, 2.45) is 4.99 Å². The van der Waals surface area contributed by atoms with Gasteiger partial charge in [-0.2, -0.15) is 0 Å². The summed E-state index contributed by atoms with van der Waals surface area (Å²) in [6.07, 6.45) is 2.40. The second-order valence-corrected chi connectivity index (χ2v) is 5.04. The molecule has 0 spiro atoms. The third kappa shape index (κ3) is 5.09. The minimum Gasteiger partial charge on any atom is -0.354 e. The number of nitrogens with zero attached hydrogens (tertiary/aromatic N) is 1. The molecule has 6 heteroatoms. The SMILES string of the molecule is CN=C(NCc1cc(F)cc(Br)c1)NC1CC1.I. The van der Waals surface area contributed by atoms with Gasteiger partial charge in [-0.3, -0.25) is 4.99 Å². The second kappa shape index (κ2) is 7.28. The number of hydrogen-bond acceptors (Lipinski definition) is 1. The van der Waals surface area contributed by atoms with Crippen LogP contribution >= 0.6 is 39.9 Å². The van der Waals surface area contributed by atoms with E-state index in [0.29, 0.717) is 12.6 Å². The lowest BCUT2D eigenvalue weighted by atomic mass is 10.2. The highest BCUT2D eigenvalue weighted by atomic mass is 127. The Kier molecular flexibility index (Phi) is 6.34. The molecule has 0 aromatic heterocycles. The van der Waals surface area contributed by atoms with Crippen molar-refractivity contribution >= 4 is 45.9 Å². The average Bonchev–Trinajstić information content (AvgIpc) is 3.06. The molecule has 0 amide bonds. The van der Waals surface area contributed by atoms with Crippen molar-refractivity contribution in [3.63, 3.8) is 0 Å². The lowest BCUT2D eigenvalue weighted by Crippen LogP contribution is -2.38. The first-order valence-electron chi connectivity index (χ1n) is 5.59. The summed E-state index contributed by atoms with van der Waals surface area (Å²) in [6.45, 7) is 0.558. The highest BCUT2D eigenvalue weighted by Crippen LogP contribution is 2.18. The fourth-order valence-corrected chi connectivity index (χ4v) is 2.03. The lowest BCUT2D eigenvalue weighted by Gasteiger charge is -2.11. The largest absolute Gasteiger partial charge is 0.354 e. The van der Waals surface area contributed by atoms with Gasteiger partial charge < -0.3 is 10.6 Å². The van der Waals surface area contributed by atoms with Gasteiger partial charge >= 0.3 is 0 Å². The van der Waals surface area contributed by atoms with Crippen molar-refractivity contribution in [2.75, 3.05) is 7.05 Å². The molecule has 2 rings (SSSR count). The van der Waals surface area contributed by atoms with Gasteiger partial charge in [0.25, 0.3) is 0 Å². The molecule has 1 aliphatic carbocycles. The van der Waals surface area contributed by atoms with Gasteiger partial charge in [0.15, 0.2) is 5.96 Å². The van der Waals surface area contributed by atoms with Crippen LogP contribution in [-0.2, 0) is 6.54 Å². The Bertz CT molecular complexity index is 415. The van der Waals surface area contributed by atoms with Gasteiger partial charge in [0, 0.05) is 24.1 Å². The average molecular weight is 428 g/mol. The van der Waals surface area contributed by atoms with Crippen LogP contribution in [0.25, 0.3) is 0 Å². The van der Waals surface area contributed by atoms with Crippen LogP contribution in [0.15, 0.2) is 27.7 Å². The summed E-state index contributed by atoms with van der Waals surface area (Å²) in [5.74, 6) is 0.536. The quantitative estimate of drug-likeness (QED) is 0.442. The van der Waals surface area contributed by atoms with Gasteiger partial charge in [0.1, 0.15) is 5.82 Å². The minimum atomic E-state index is -0.235. The molecule has 0 atom stereocenters. The zero-order valence-electron chi connectivity index (χ0n) is 10.0. The smallest absolute Gasteiger partial charge is 0.191 e. The number of benzene rings is 1. The number of guanidine groups is 1. The van der Waals surface area contributed by atoms with Crippen LogP contribution in [0.4, 0.5) is 4.39 Å². The van der Waals surface area contributed by atoms with E-state index in [0.717, 1.165) is 16.0 Å². The molecule has 1 aliphatic rings. The van der Waals surface area contributed by atoms with E-state index in [1.807, 2.05) is 6.07 Å². The summed E-state index contributed by atoms with van der Waals surface area (Å²) in [5, 5.41) is 6.44. The summed E-state index contributed by atoms with van der Waals surface area (Å²) < 4.78 is 13.9. The first-order valence-corrected chi connectivity index (χ1v) is 6.39. The maximum atomic E-state index is 13.2. The molecular formula is C12H16BrFIN3. The van der Waals surface area contributed by atoms with Crippen molar-refractivity contribution in [3.8, 4) is 0 Å². The molecule has 18 heavy (non-hydrogen) atoms. The van der Waals surface area contributed by atoms with Gasteiger partial charge in [-0.05, 0) is 36.6 Å². The molecule has 0 saturated heterocycles. The summed E-state index contributed by atoms with van der Waals surface area (Å²) >= 11 is 3.27. The third-order valence-electron chi connectivity index (χ3n) is 2.52. The van der Waals surface area contributed by atoms with Gasteiger partial charge in [-0.25, -0.2) is 4.39 Å². The number of aliphatic imine (C=N–C) groups is 1. The van der Waals surface area contributed by atoms with Crippen LogP contribution in [0.1, 0.15) is 18.4 Å². The molecule has 3 nitrogen and oxygen atoms in total. The topological polar surface area (TPSA) is 36.4 Å². The molecule has 100 valence electrons. The molecule has 1 saturated carbocycles. The fraction of sp³-hybridized carbons (Fsp3) is 0.417. The van der Waals surface area contributed by atoms with E-state index in [-0.39, 0.29) is 29.8 Å². The van der Waals surface area contributed by atoms with E-state index in [4.69, 9.17) is 0 Å². The number of nitrogens with one attached hydrogen (secondary N) is 2. The molecule has 0 aliphatic heterocycles. The zero-order chi connectivity index (χ0) is 12.3. The van der Waals surface area contributed by atoms with Crippen LogP contribution in [0.3, 0.4) is 0 Å². The Morgan fingerprint density at radius 3 is 2.72 bits per heavy atom. The van der Waals surface area contributed by atoms with Crippen molar-refractivity contribution in [1.82, 2.24) is 10.6 Å². The Hall–Kier alpha value is -0.370. The lowest BCUT2D eigenvalue weighted by molar-refractivity contribution is 0.623. The van der Waals surface area contributed by atoms with E-state index in [2.05, 4.69) is 31.6 Å². The Labute approximate surface area is 132 Å². The fourth-order valence-electron chi connectivity index (χ4n) is 1.51. The van der Waals surface area contributed by atoms with Crippen LogP contribution in [0, 0.1) is 5.82 Å². The van der Waals surface area contributed by atoms with Crippen molar-refractivity contribution < 1.29 is 4.39 Å². The molecule has 0 bridgehead atoms. The summed E-state index contributed by atoms with van der Waals surface area (Å²) in [5.41, 5.74) is 0.885. The monoisotopic (exact) mass is 427 g/mol. The first-order chi connectivity index (χ1) is 8.17. The number of hydrogen-bond donors (Lipinski definition) is 2. The predicted molar refractivity (Wildman–Crippen MR) is 85.9 cm³/mol. The highest BCUT2D eigenvalue weighted by molar-refractivity contribution is 14.0. The van der Waals surface area contributed by atoms with Crippen LogP contribution < -0.4 is 10.6 Å². The van der Waals surface area contributed by atoms with Crippen LogP contribution in [0.5, 0.6) is 0 Å². The molecule has 0 unspecified atom stereocenters. The Morgan fingerprint density at radius 2 is 2.17 bits per heavy atom. The van der Waals surface area contributed by atoms with Gasteiger partial charge in [-0.15, -0.1) is 24.0 Å². The summed E-state index contributed by atoms with van der Waals surface area (Å²) in [6, 6.07) is 5.41. The second-order valence-electron chi connectivity index (χ2n) is 4.12. The van der Waals surface area contributed by atoms with Crippen LogP contribution in [-0.4, -0.2) is 19.0 Å². The first kappa shape index (κ1) is 15.7. The normalized spacial score (nSPS) is 14.9. The summed E-state index contributed by atoms with van der Waals surface area (Å²) in [7, 11) is 1.74. The number of rotatable bonds is 3. The maximum Gasteiger partial charge on any atom is 0.191 e. The Morgan fingerprint density at radius 1 is 1.44 bits per heavy atom. The van der Waals surface area contributed by atoms with Crippen LogP contribution in [0.2, 0.25) is 0 Å². The molecule has 1 fully saturated rings. The van der Waals surface area contributed by atoms with Gasteiger partial charge in [0.2, 0.25) is 0 Å². The summed E-state index contributed by atoms with van der Waals surface area (Å²) in [4.78, 5) is 4.12. The number of halogens is 3. The van der Waals surface area contributed by atoms with E-state index in [9.17, 15) is 4.39 Å². The van der Waals surface area contributed by atoms with Gasteiger partial charge in [0.05, 0.1) is 0 Å². The van der Waals surface area contributed by atoms with Crippen molar-refractivity contribution in [1.29, 1.82) is 0 Å².